The van der Waals surface area contributed by atoms with Crippen LogP contribution in [0.3, 0.4) is 0 Å². The van der Waals surface area contributed by atoms with E-state index in [2.05, 4.69) is 23.1 Å². The van der Waals surface area contributed by atoms with Crippen LogP contribution in [0.5, 0.6) is 0 Å². The second-order valence-electron chi connectivity index (χ2n) is 4.44. The maximum atomic E-state index is 12.5. The lowest BCUT2D eigenvalue weighted by molar-refractivity contribution is 1.29. The molecule has 0 aliphatic carbocycles. The number of aromatic nitrogens is 2. The number of aromatic amines is 2. The van der Waals surface area contributed by atoms with Crippen LogP contribution in [0.2, 0.25) is 0 Å². The number of para-hydroxylation sites is 1. The van der Waals surface area contributed by atoms with Crippen LogP contribution in [-0.4, -0.2) is 9.97 Å². The number of fused-ring (bicyclic) bond motifs is 2. The Morgan fingerprint density at radius 2 is 1.55 bits per heavy atom. The van der Waals surface area contributed by atoms with Gasteiger partial charge in [-0.1, -0.05) is 45.2 Å². The van der Waals surface area contributed by atoms with Crippen molar-refractivity contribution in [3.8, 4) is 0 Å². The molecular weight excluding hydrogens is 276 g/mol. The summed E-state index contributed by atoms with van der Waals surface area (Å²) in [6.45, 7) is 11.3. The maximum Gasteiger partial charge on any atom is 0.213 e. The molecule has 2 aromatic heterocycles. The summed E-state index contributed by atoms with van der Waals surface area (Å²) in [5.41, 5.74) is 1.59. The summed E-state index contributed by atoms with van der Waals surface area (Å²) in [6.07, 6.45) is 2.97. The van der Waals surface area contributed by atoms with Gasteiger partial charge in [0, 0.05) is 22.2 Å². The topological polar surface area (TPSA) is 65.7 Å². The van der Waals surface area contributed by atoms with Gasteiger partial charge in [-0.05, 0) is 18.2 Å². The highest BCUT2D eigenvalue weighted by Crippen LogP contribution is 2.14. The highest BCUT2D eigenvalue weighted by atomic mass is 16.1. The molecule has 22 heavy (non-hydrogen) atoms. The number of pyridine rings is 2. The summed E-state index contributed by atoms with van der Waals surface area (Å²) in [5.74, 6) is 0. The van der Waals surface area contributed by atoms with E-state index >= 15 is 0 Å². The average Bonchev–Trinajstić information content (AvgIpc) is 2.57. The van der Waals surface area contributed by atoms with Crippen molar-refractivity contribution in [1.82, 2.24) is 9.97 Å². The Hall–Kier alpha value is -2.88. The summed E-state index contributed by atoms with van der Waals surface area (Å²) < 4.78 is 0. The molecule has 0 spiro atoms. The van der Waals surface area contributed by atoms with Gasteiger partial charge < -0.3 is 9.97 Å². The molecule has 2 heterocycles. The van der Waals surface area contributed by atoms with Crippen molar-refractivity contribution in [2.75, 3.05) is 0 Å². The zero-order valence-electron chi connectivity index (χ0n) is 12.7. The van der Waals surface area contributed by atoms with Crippen LogP contribution in [0.1, 0.15) is 25.1 Å². The lowest BCUT2D eigenvalue weighted by Crippen LogP contribution is -2.17. The van der Waals surface area contributed by atoms with Gasteiger partial charge in [0.25, 0.3) is 0 Å². The minimum Gasteiger partial charge on any atom is -0.350 e. The van der Waals surface area contributed by atoms with Crippen molar-refractivity contribution in [3.05, 3.63) is 69.1 Å². The monoisotopic (exact) mass is 294 g/mol. The van der Waals surface area contributed by atoms with E-state index in [0.29, 0.717) is 22.2 Å². The summed E-state index contributed by atoms with van der Waals surface area (Å²) >= 11 is 0. The molecule has 0 radical (unpaired) electrons. The van der Waals surface area contributed by atoms with Crippen LogP contribution in [0.25, 0.3) is 34.1 Å². The molecule has 2 N–H and O–H groups in total. The molecule has 0 aliphatic heterocycles. The normalized spacial score (nSPS) is 10.1. The molecule has 3 aromatic rings. The fourth-order valence-corrected chi connectivity index (χ4v) is 2.35. The predicted octanol–water partition coefficient (Wildman–Crippen LogP) is 3.68. The van der Waals surface area contributed by atoms with Crippen molar-refractivity contribution in [1.29, 1.82) is 0 Å². The smallest absolute Gasteiger partial charge is 0.213 e. The Bertz CT molecular complexity index is 978. The van der Waals surface area contributed by atoms with E-state index in [4.69, 9.17) is 0 Å². The second kappa shape index (κ2) is 6.26. The Morgan fingerprint density at radius 1 is 0.909 bits per heavy atom. The van der Waals surface area contributed by atoms with Gasteiger partial charge in [0.15, 0.2) is 0 Å². The molecule has 0 atom stereocenters. The highest BCUT2D eigenvalue weighted by molar-refractivity contribution is 5.91. The van der Waals surface area contributed by atoms with Gasteiger partial charge in [-0.2, -0.15) is 0 Å². The molecule has 4 heteroatoms. The summed E-state index contributed by atoms with van der Waals surface area (Å²) in [6, 6.07) is 7.09. The van der Waals surface area contributed by atoms with Gasteiger partial charge in [0.1, 0.15) is 11.0 Å². The van der Waals surface area contributed by atoms with Gasteiger partial charge >= 0.3 is 0 Å². The summed E-state index contributed by atoms with van der Waals surface area (Å²) in [7, 11) is 0. The molecule has 112 valence electrons. The van der Waals surface area contributed by atoms with Gasteiger partial charge in [-0.15, -0.1) is 0 Å². The fraction of sp³-hybridized carbons (Fsp3) is 0.111. The molecule has 0 unspecified atom stereocenters. The Morgan fingerprint density at radius 3 is 2.18 bits per heavy atom. The quantitative estimate of drug-likeness (QED) is 0.708. The van der Waals surface area contributed by atoms with E-state index in [-0.39, 0.29) is 21.9 Å². The molecule has 0 aliphatic rings. The maximum absolute atomic E-state index is 12.5. The van der Waals surface area contributed by atoms with Crippen LogP contribution < -0.4 is 10.9 Å². The SMILES string of the molecule is C=Cc1[nH]c2c(=O)c3ccccc3[nH]c2c(=O)c1C=C.CC. The molecule has 3 rings (SSSR count). The van der Waals surface area contributed by atoms with Crippen molar-refractivity contribution in [2.45, 2.75) is 13.8 Å². The van der Waals surface area contributed by atoms with Gasteiger partial charge in [-0.25, -0.2) is 0 Å². The van der Waals surface area contributed by atoms with Crippen LogP contribution in [0.15, 0.2) is 47.0 Å². The first-order valence-corrected chi connectivity index (χ1v) is 7.13. The van der Waals surface area contributed by atoms with Crippen molar-refractivity contribution < 1.29 is 0 Å². The molecule has 0 bridgehead atoms. The molecule has 0 saturated carbocycles. The molecule has 0 amide bonds. The molecule has 0 saturated heterocycles. The zero-order chi connectivity index (χ0) is 16.3. The second-order valence-corrected chi connectivity index (χ2v) is 4.44. The average molecular weight is 294 g/mol. The third kappa shape index (κ3) is 2.29. The van der Waals surface area contributed by atoms with Crippen LogP contribution in [0, 0.1) is 0 Å². The standard InChI is InChI=1S/C16H12N2O2.C2H6/c1-3-9-11(4-2)17-14-13(15(9)19)18-12-8-6-5-7-10(12)16(14)20;1-2/h3-8H,1-2H2,(H,17,19)(H,18,20);1-2H3. The Kier molecular flexibility index (Phi) is 4.41. The molecule has 4 nitrogen and oxygen atoms in total. The van der Waals surface area contributed by atoms with Gasteiger partial charge in [0.05, 0.1) is 0 Å². The molecule has 1 aromatic carbocycles. The van der Waals surface area contributed by atoms with Gasteiger partial charge in [0.2, 0.25) is 10.9 Å². The van der Waals surface area contributed by atoms with Gasteiger partial charge in [-0.3, -0.25) is 9.59 Å². The lowest BCUT2D eigenvalue weighted by atomic mass is 10.1. The lowest BCUT2D eigenvalue weighted by Gasteiger charge is -2.06. The van der Waals surface area contributed by atoms with Crippen molar-refractivity contribution in [2.24, 2.45) is 0 Å². The van der Waals surface area contributed by atoms with Crippen molar-refractivity contribution in [3.63, 3.8) is 0 Å². The number of hydrogen-bond acceptors (Lipinski definition) is 2. The molecule has 0 fully saturated rings. The van der Waals surface area contributed by atoms with E-state index in [9.17, 15) is 9.59 Å². The van der Waals surface area contributed by atoms with Crippen LogP contribution in [-0.2, 0) is 0 Å². The van der Waals surface area contributed by atoms with Crippen LogP contribution >= 0.6 is 0 Å². The predicted molar refractivity (Wildman–Crippen MR) is 94.2 cm³/mol. The summed E-state index contributed by atoms with van der Waals surface area (Å²) in [4.78, 5) is 30.9. The minimum absolute atomic E-state index is 0.204. The number of rotatable bonds is 2. The van der Waals surface area contributed by atoms with E-state index in [1.165, 1.54) is 12.2 Å². The van der Waals surface area contributed by atoms with E-state index in [0.717, 1.165) is 0 Å². The molecular formula is C18H18N2O2. The summed E-state index contributed by atoms with van der Waals surface area (Å²) in [5, 5.41) is 0.539. The highest BCUT2D eigenvalue weighted by Gasteiger charge is 2.12. The largest absolute Gasteiger partial charge is 0.350 e. The number of hydrogen-bond donors (Lipinski definition) is 2. The first kappa shape index (κ1) is 15.5. The third-order valence-electron chi connectivity index (χ3n) is 3.34. The Labute approximate surface area is 127 Å². The Balaban J connectivity index is 0.000000847. The zero-order valence-corrected chi connectivity index (χ0v) is 12.7. The first-order valence-electron chi connectivity index (χ1n) is 7.13. The van der Waals surface area contributed by atoms with Crippen molar-refractivity contribution >= 4 is 34.1 Å². The van der Waals surface area contributed by atoms with E-state index < -0.39 is 0 Å². The minimum atomic E-state index is -0.258. The number of H-pyrrole nitrogens is 2. The van der Waals surface area contributed by atoms with Crippen LogP contribution in [0.4, 0.5) is 0 Å². The fourth-order valence-electron chi connectivity index (χ4n) is 2.35. The third-order valence-corrected chi connectivity index (χ3v) is 3.34. The van der Waals surface area contributed by atoms with E-state index in [1.54, 1.807) is 18.2 Å². The number of nitrogens with one attached hydrogen (secondary N) is 2. The van der Waals surface area contributed by atoms with E-state index in [1.807, 2.05) is 19.9 Å². The first-order chi connectivity index (χ1) is 10.7. The number of benzene rings is 1.